The van der Waals surface area contributed by atoms with Crippen LogP contribution in [0.15, 0.2) is 94.9 Å². The Bertz CT molecular complexity index is 1260. The molecule has 31 heavy (non-hydrogen) atoms. The molecule has 0 saturated carbocycles. The van der Waals surface area contributed by atoms with E-state index in [0.717, 1.165) is 18.4 Å². The quantitative estimate of drug-likeness (QED) is 0.307. The second kappa shape index (κ2) is 8.01. The highest BCUT2D eigenvalue weighted by atomic mass is 32.2. The number of nitrogens with zero attached hydrogens (tertiary/aromatic N) is 1. The Balaban J connectivity index is 1.72. The van der Waals surface area contributed by atoms with Gasteiger partial charge in [0, 0.05) is 26.9 Å². The second-order valence-corrected chi connectivity index (χ2v) is 10.3. The third-order valence-electron chi connectivity index (χ3n) is 6.01. The van der Waals surface area contributed by atoms with Gasteiger partial charge in [-0.05, 0) is 58.4 Å². The zero-order valence-electron chi connectivity index (χ0n) is 18.4. The molecule has 5 rings (SSSR count). The summed E-state index contributed by atoms with van der Waals surface area (Å²) in [7, 11) is 0. The van der Waals surface area contributed by atoms with Gasteiger partial charge in [-0.1, -0.05) is 93.2 Å². The minimum Gasteiger partial charge on any atom is -0.256 e. The average molecular weight is 422 g/mol. The number of pyridine rings is 1. The van der Waals surface area contributed by atoms with E-state index in [0.29, 0.717) is 0 Å². The number of rotatable bonds is 3. The Hall–Kier alpha value is -2.84. The van der Waals surface area contributed by atoms with Gasteiger partial charge in [-0.25, -0.2) is 0 Å². The molecule has 0 N–H and O–H groups in total. The van der Waals surface area contributed by atoms with Crippen LogP contribution in [0, 0.1) is 0 Å². The van der Waals surface area contributed by atoms with Gasteiger partial charge in [0.15, 0.2) is 0 Å². The molecule has 0 atom stereocenters. The molecule has 0 bridgehead atoms. The molecule has 0 saturated heterocycles. The van der Waals surface area contributed by atoms with E-state index in [2.05, 4.69) is 99.7 Å². The summed E-state index contributed by atoms with van der Waals surface area (Å²) in [4.78, 5) is 7.43. The maximum Gasteiger partial charge on any atom is 0.0794 e. The zero-order valence-corrected chi connectivity index (χ0v) is 19.2. The fourth-order valence-corrected chi connectivity index (χ4v) is 5.42. The van der Waals surface area contributed by atoms with Crippen molar-refractivity contribution in [2.75, 3.05) is 0 Å². The second-order valence-electron chi connectivity index (χ2n) is 9.18. The van der Waals surface area contributed by atoms with E-state index in [1.165, 1.54) is 42.6 Å². The first kappa shape index (κ1) is 20.1. The molecule has 1 aliphatic rings. The topological polar surface area (TPSA) is 12.9 Å². The minimum atomic E-state index is 0.163. The summed E-state index contributed by atoms with van der Waals surface area (Å²) < 4.78 is 0. The highest BCUT2D eigenvalue weighted by molar-refractivity contribution is 7.99. The van der Waals surface area contributed by atoms with Crippen LogP contribution < -0.4 is 0 Å². The Kier molecular flexibility index (Phi) is 5.19. The number of benzene rings is 3. The Morgan fingerprint density at radius 1 is 0.839 bits per heavy atom. The largest absolute Gasteiger partial charge is 0.256 e. The van der Waals surface area contributed by atoms with Crippen LogP contribution in [0.25, 0.3) is 27.2 Å². The lowest BCUT2D eigenvalue weighted by Gasteiger charge is -2.20. The summed E-state index contributed by atoms with van der Waals surface area (Å²) >= 11 is 1.85. The summed E-state index contributed by atoms with van der Waals surface area (Å²) in [6, 6.07) is 22.1. The van der Waals surface area contributed by atoms with E-state index < -0.39 is 0 Å². The maximum absolute atomic E-state index is 4.88. The molecular formula is C29H27NS. The fourth-order valence-electron chi connectivity index (χ4n) is 4.35. The van der Waals surface area contributed by atoms with Crippen molar-refractivity contribution < 1.29 is 0 Å². The molecule has 1 heterocycles. The number of hydrogen-bond donors (Lipinski definition) is 0. The van der Waals surface area contributed by atoms with Gasteiger partial charge in [-0.2, -0.15) is 0 Å². The SMILES string of the molecule is CC(C)(C)c1ccc(Sc2c3ccccc3c(C3=CC=CCC3)c3ncccc23)cc1. The predicted molar refractivity (Wildman–Crippen MR) is 135 cm³/mol. The lowest BCUT2D eigenvalue weighted by atomic mass is 9.87. The maximum atomic E-state index is 4.88. The van der Waals surface area contributed by atoms with Crippen LogP contribution in [0.3, 0.4) is 0 Å². The molecule has 154 valence electrons. The van der Waals surface area contributed by atoms with Gasteiger partial charge >= 0.3 is 0 Å². The van der Waals surface area contributed by atoms with Gasteiger partial charge in [0.2, 0.25) is 0 Å². The number of aromatic nitrogens is 1. The van der Waals surface area contributed by atoms with Gasteiger partial charge < -0.3 is 0 Å². The summed E-state index contributed by atoms with van der Waals surface area (Å²) in [6.07, 6.45) is 10.8. The van der Waals surface area contributed by atoms with Crippen LogP contribution in [0.1, 0.15) is 44.7 Å². The number of hydrogen-bond acceptors (Lipinski definition) is 2. The lowest BCUT2D eigenvalue weighted by molar-refractivity contribution is 0.590. The number of allylic oxidation sites excluding steroid dienone is 4. The zero-order chi connectivity index (χ0) is 21.4. The van der Waals surface area contributed by atoms with Crippen molar-refractivity contribution in [3.63, 3.8) is 0 Å². The monoisotopic (exact) mass is 421 g/mol. The number of fused-ring (bicyclic) bond motifs is 2. The van der Waals surface area contributed by atoms with Crippen molar-refractivity contribution in [1.29, 1.82) is 0 Å². The highest BCUT2D eigenvalue weighted by Gasteiger charge is 2.19. The Labute approximate surface area is 188 Å². The summed E-state index contributed by atoms with van der Waals surface area (Å²) in [6.45, 7) is 6.78. The molecule has 1 aliphatic carbocycles. The van der Waals surface area contributed by atoms with Crippen LogP contribution in [-0.2, 0) is 5.41 Å². The van der Waals surface area contributed by atoms with Crippen LogP contribution in [-0.4, -0.2) is 4.98 Å². The predicted octanol–water partition coefficient (Wildman–Crippen LogP) is 8.57. The van der Waals surface area contributed by atoms with Gasteiger partial charge in [-0.15, -0.1) is 0 Å². The van der Waals surface area contributed by atoms with E-state index in [-0.39, 0.29) is 5.41 Å². The Morgan fingerprint density at radius 2 is 1.58 bits per heavy atom. The van der Waals surface area contributed by atoms with Gasteiger partial charge in [0.05, 0.1) is 5.52 Å². The molecule has 0 fully saturated rings. The smallest absolute Gasteiger partial charge is 0.0794 e. The minimum absolute atomic E-state index is 0.163. The Morgan fingerprint density at radius 3 is 2.29 bits per heavy atom. The van der Waals surface area contributed by atoms with Crippen LogP contribution >= 0.6 is 11.8 Å². The molecule has 0 unspecified atom stereocenters. The van der Waals surface area contributed by atoms with E-state index in [9.17, 15) is 0 Å². The van der Waals surface area contributed by atoms with E-state index in [1.807, 2.05) is 18.0 Å². The van der Waals surface area contributed by atoms with Crippen molar-refractivity contribution in [2.45, 2.75) is 48.8 Å². The van der Waals surface area contributed by atoms with E-state index in [4.69, 9.17) is 4.98 Å². The molecule has 3 aromatic carbocycles. The molecule has 0 aliphatic heterocycles. The molecule has 0 spiro atoms. The standard InChI is InChI=1S/C29H27NS/c1-29(2,3)21-15-17-22(18-16-21)31-28-24-13-8-7-12-23(24)26(20-10-5-4-6-11-20)27-25(28)14-9-19-30-27/h4-5,7-10,12-19H,6,11H2,1-3H3. The van der Waals surface area contributed by atoms with Crippen LogP contribution in [0.4, 0.5) is 0 Å². The first-order valence-electron chi connectivity index (χ1n) is 11.0. The van der Waals surface area contributed by atoms with Gasteiger partial charge in [0.1, 0.15) is 0 Å². The highest BCUT2D eigenvalue weighted by Crippen LogP contribution is 2.44. The first-order valence-corrected chi connectivity index (χ1v) is 11.8. The van der Waals surface area contributed by atoms with E-state index in [1.54, 1.807) is 0 Å². The molecule has 1 aromatic heterocycles. The molecule has 2 heteroatoms. The van der Waals surface area contributed by atoms with Crippen LogP contribution in [0.2, 0.25) is 0 Å². The molecular weight excluding hydrogens is 394 g/mol. The fraction of sp³-hybridized carbons (Fsp3) is 0.207. The first-order chi connectivity index (χ1) is 15.0. The van der Waals surface area contributed by atoms with Crippen LogP contribution in [0.5, 0.6) is 0 Å². The van der Waals surface area contributed by atoms with Gasteiger partial charge in [-0.3, -0.25) is 4.98 Å². The molecule has 1 nitrogen and oxygen atoms in total. The molecule has 4 aromatic rings. The average Bonchev–Trinajstić information content (AvgIpc) is 2.79. The lowest BCUT2D eigenvalue weighted by Crippen LogP contribution is -2.10. The summed E-state index contributed by atoms with van der Waals surface area (Å²) in [5.41, 5.74) is 5.31. The van der Waals surface area contributed by atoms with Crippen molar-refractivity contribution in [2.24, 2.45) is 0 Å². The third-order valence-corrected chi connectivity index (χ3v) is 7.16. The van der Waals surface area contributed by atoms with E-state index >= 15 is 0 Å². The van der Waals surface area contributed by atoms with Crippen molar-refractivity contribution >= 4 is 39.0 Å². The molecule has 0 amide bonds. The van der Waals surface area contributed by atoms with Crippen molar-refractivity contribution in [1.82, 2.24) is 4.98 Å². The van der Waals surface area contributed by atoms with Crippen molar-refractivity contribution in [3.8, 4) is 0 Å². The van der Waals surface area contributed by atoms with Crippen molar-refractivity contribution in [3.05, 3.63) is 96.2 Å². The van der Waals surface area contributed by atoms with Gasteiger partial charge in [0.25, 0.3) is 0 Å². The summed E-state index contributed by atoms with van der Waals surface area (Å²) in [5.74, 6) is 0. The normalized spacial score (nSPS) is 14.2. The summed E-state index contributed by atoms with van der Waals surface area (Å²) in [5, 5.41) is 3.83. The third kappa shape index (κ3) is 3.81. The molecule has 0 radical (unpaired) electrons.